The van der Waals surface area contributed by atoms with Crippen LogP contribution in [0.1, 0.15) is 12.5 Å². The molecule has 0 radical (unpaired) electrons. The average Bonchev–Trinajstić information content (AvgIpc) is 2.03. The fourth-order valence-electron chi connectivity index (χ4n) is 1.02. The van der Waals surface area contributed by atoms with Crippen molar-refractivity contribution in [1.29, 1.82) is 0 Å². The van der Waals surface area contributed by atoms with Crippen molar-refractivity contribution in [3.05, 3.63) is 28.2 Å². The van der Waals surface area contributed by atoms with Crippen LogP contribution >= 0.6 is 15.9 Å². The highest BCUT2D eigenvalue weighted by atomic mass is 79.9. The van der Waals surface area contributed by atoms with Gasteiger partial charge in [0, 0.05) is 11.4 Å². The number of ether oxygens (including phenoxy) is 1. The molecule has 4 heteroatoms. The molecule has 68 valence electrons. The van der Waals surface area contributed by atoms with Crippen LogP contribution < -0.4 is 5.46 Å². The van der Waals surface area contributed by atoms with Gasteiger partial charge in [-0.3, -0.25) is 4.79 Å². The van der Waals surface area contributed by atoms with Gasteiger partial charge in [0.1, 0.15) is 14.5 Å². The first-order chi connectivity index (χ1) is 6.11. The van der Waals surface area contributed by atoms with E-state index in [-0.39, 0.29) is 5.97 Å². The van der Waals surface area contributed by atoms with Crippen LogP contribution in [0.25, 0.3) is 0 Å². The van der Waals surface area contributed by atoms with E-state index < -0.39 is 0 Å². The molecule has 0 unspecified atom stereocenters. The first-order valence-corrected chi connectivity index (χ1v) is 4.78. The predicted molar refractivity (Wildman–Crippen MR) is 57.8 cm³/mol. The molecule has 1 aromatic carbocycles. The van der Waals surface area contributed by atoms with E-state index in [0.29, 0.717) is 6.61 Å². The van der Waals surface area contributed by atoms with Crippen molar-refractivity contribution < 1.29 is 9.53 Å². The molecule has 0 amide bonds. The van der Waals surface area contributed by atoms with Gasteiger partial charge in [0.15, 0.2) is 0 Å². The minimum Gasteiger partial charge on any atom is -0.461 e. The van der Waals surface area contributed by atoms with E-state index in [1.54, 1.807) is 0 Å². The highest BCUT2D eigenvalue weighted by Crippen LogP contribution is 2.14. The third-order valence-corrected chi connectivity index (χ3v) is 2.52. The van der Waals surface area contributed by atoms with Crippen molar-refractivity contribution in [2.24, 2.45) is 0 Å². The summed E-state index contributed by atoms with van der Waals surface area (Å²) in [6.07, 6.45) is 0. The Morgan fingerprint density at radius 3 is 2.85 bits per heavy atom. The number of hydrogen-bond donors (Lipinski definition) is 0. The van der Waals surface area contributed by atoms with Crippen LogP contribution in [0.3, 0.4) is 0 Å². The summed E-state index contributed by atoms with van der Waals surface area (Å²) in [4.78, 5) is 10.6. The molecule has 0 bridgehead atoms. The standard InChI is InChI=1S/C9H10BBrO2/c1-6(12)13-5-7-8(10)3-2-4-9(7)11/h2-4H,5,10H2,1H3. The van der Waals surface area contributed by atoms with Gasteiger partial charge in [0.05, 0.1) is 0 Å². The summed E-state index contributed by atoms with van der Waals surface area (Å²) in [5.74, 6) is -0.254. The fourth-order valence-corrected chi connectivity index (χ4v) is 1.60. The summed E-state index contributed by atoms with van der Waals surface area (Å²) in [6.45, 7) is 1.74. The summed E-state index contributed by atoms with van der Waals surface area (Å²) in [5.41, 5.74) is 2.15. The van der Waals surface area contributed by atoms with Crippen molar-refractivity contribution in [2.45, 2.75) is 13.5 Å². The number of hydrogen-bond acceptors (Lipinski definition) is 2. The smallest absolute Gasteiger partial charge is 0.302 e. The summed E-state index contributed by atoms with van der Waals surface area (Å²) in [6, 6.07) is 5.88. The maximum Gasteiger partial charge on any atom is 0.302 e. The van der Waals surface area contributed by atoms with Gasteiger partial charge < -0.3 is 4.74 Å². The highest BCUT2D eigenvalue weighted by Gasteiger charge is 2.04. The molecule has 0 saturated carbocycles. The normalized spacial score (nSPS) is 9.69. The molecule has 0 aromatic heterocycles. The fraction of sp³-hybridized carbons (Fsp3) is 0.222. The number of benzene rings is 1. The van der Waals surface area contributed by atoms with Gasteiger partial charge in [-0.15, -0.1) is 0 Å². The molecule has 0 heterocycles. The van der Waals surface area contributed by atoms with Gasteiger partial charge in [0.2, 0.25) is 0 Å². The molecule has 0 spiro atoms. The Labute approximate surface area is 86.8 Å². The third-order valence-electron chi connectivity index (χ3n) is 1.77. The molecule has 0 atom stereocenters. The molecule has 0 fully saturated rings. The maximum atomic E-state index is 10.6. The molecule has 13 heavy (non-hydrogen) atoms. The van der Waals surface area contributed by atoms with E-state index >= 15 is 0 Å². The van der Waals surface area contributed by atoms with E-state index in [2.05, 4.69) is 15.9 Å². The molecule has 0 N–H and O–H groups in total. The zero-order chi connectivity index (χ0) is 9.84. The lowest BCUT2D eigenvalue weighted by Gasteiger charge is -2.07. The predicted octanol–water partition coefficient (Wildman–Crippen LogP) is 0.771. The zero-order valence-electron chi connectivity index (χ0n) is 7.63. The van der Waals surface area contributed by atoms with Crippen LogP contribution in [-0.4, -0.2) is 13.8 Å². The Kier molecular flexibility index (Phi) is 3.54. The monoisotopic (exact) mass is 240 g/mol. The first kappa shape index (κ1) is 10.3. The lowest BCUT2D eigenvalue weighted by molar-refractivity contribution is -0.142. The van der Waals surface area contributed by atoms with Crippen LogP contribution in [0.15, 0.2) is 22.7 Å². The van der Waals surface area contributed by atoms with Crippen molar-refractivity contribution in [3.8, 4) is 0 Å². The first-order valence-electron chi connectivity index (χ1n) is 3.98. The van der Waals surface area contributed by atoms with Gasteiger partial charge in [-0.05, 0) is 11.6 Å². The highest BCUT2D eigenvalue weighted by molar-refractivity contribution is 9.10. The van der Waals surface area contributed by atoms with Gasteiger partial charge in [0.25, 0.3) is 0 Å². The van der Waals surface area contributed by atoms with E-state index in [1.807, 2.05) is 26.0 Å². The Morgan fingerprint density at radius 1 is 1.62 bits per heavy atom. The molecular formula is C9H10BBrO2. The number of rotatable bonds is 2. The van der Waals surface area contributed by atoms with Crippen LogP contribution in [0, 0.1) is 0 Å². The minimum absolute atomic E-state index is 0.254. The second kappa shape index (κ2) is 4.47. The van der Waals surface area contributed by atoms with Crippen LogP contribution in [0.5, 0.6) is 0 Å². The molecule has 0 aliphatic heterocycles. The van der Waals surface area contributed by atoms with E-state index in [0.717, 1.165) is 15.5 Å². The maximum absolute atomic E-state index is 10.6. The van der Waals surface area contributed by atoms with Gasteiger partial charge >= 0.3 is 5.97 Å². The summed E-state index contributed by atoms with van der Waals surface area (Å²) in [5, 5.41) is 0. The Hall–Kier alpha value is -0.765. The lowest BCUT2D eigenvalue weighted by Crippen LogP contribution is -2.13. The van der Waals surface area contributed by atoms with Crippen molar-refractivity contribution >= 4 is 35.2 Å². The zero-order valence-corrected chi connectivity index (χ0v) is 9.22. The van der Waals surface area contributed by atoms with Crippen LogP contribution in [0.4, 0.5) is 0 Å². The molecule has 1 rings (SSSR count). The van der Waals surface area contributed by atoms with E-state index in [1.165, 1.54) is 6.92 Å². The molecule has 1 aromatic rings. The number of carbonyl (C=O) groups is 1. The molecule has 0 aliphatic carbocycles. The Morgan fingerprint density at radius 2 is 2.31 bits per heavy atom. The van der Waals surface area contributed by atoms with Crippen LogP contribution in [0.2, 0.25) is 0 Å². The van der Waals surface area contributed by atoms with Crippen molar-refractivity contribution in [1.82, 2.24) is 0 Å². The van der Waals surface area contributed by atoms with Gasteiger partial charge in [-0.25, -0.2) is 0 Å². The summed E-state index contributed by atoms with van der Waals surface area (Å²) in [7, 11) is 1.99. The number of halogens is 1. The summed E-state index contributed by atoms with van der Waals surface area (Å²) >= 11 is 3.41. The SMILES string of the molecule is Bc1cccc(Br)c1COC(C)=O. The van der Waals surface area contributed by atoms with Gasteiger partial charge in [-0.1, -0.05) is 33.5 Å². The average molecular weight is 241 g/mol. The second-order valence-electron chi connectivity index (χ2n) is 2.82. The Balaban J connectivity index is 2.81. The van der Waals surface area contributed by atoms with E-state index in [4.69, 9.17) is 4.74 Å². The third kappa shape index (κ3) is 2.88. The van der Waals surface area contributed by atoms with E-state index in [9.17, 15) is 4.79 Å². The molecule has 0 aliphatic rings. The lowest BCUT2D eigenvalue weighted by atomic mass is 9.91. The number of esters is 1. The molecule has 2 nitrogen and oxygen atoms in total. The largest absolute Gasteiger partial charge is 0.461 e. The van der Waals surface area contributed by atoms with Crippen molar-refractivity contribution in [2.75, 3.05) is 0 Å². The Bertz CT molecular complexity index is 305. The van der Waals surface area contributed by atoms with Gasteiger partial charge in [-0.2, -0.15) is 0 Å². The summed E-state index contributed by atoms with van der Waals surface area (Å²) < 4.78 is 5.90. The molecule has 0 saturated heterocycles. The topological polar surface area (TPSA) is 26.3 Å². The number of carbonyl (C=O) groups excluding carboxylic acids is 1. The van der Waals surface area contributed by atoms with Crippen molar-refractivity contribution in [3.63, 3.8) is 0 Å². The quantitative estimate of drug-likeness (QED) is 0.564. The second-order valence-corrected chi connectivity index (χ2v) is 3.67. The van der Waals surface area contributed by atoms with Crippen LogP contribution in [-0.2, 0) is 16.1 Å². The minimum atomic E-state index is -0.254. The molecular weight excluding hydrogens is 231 g/mol.